The zero-order chi connectivity index (χ0) is 18.4. The van der Waals surface area contributed by atoms with E-state index in [0.29, 0.717) is 32.6 Å². The number of benzene rings is 2. The third kappa shape index (κ3) is 4.39. The molecule has 1 fully saturated rings. The van der Waals surface area contributed by atoms with Gasteiger partial charge in [0.1, 0.15) is 0 Å². The highest BCUT2D eigenvalue weighted by molar-refractivity contribution is 5.89. The zero-order valence-corrected chi connectivity index (χ0v) is 14.8. The monoisotopic (exact) mass is 355 g/mol. The van der Waals surface area contributed by atoms with Gasteiger partial charge in [-0.3, -0.25) is 14.5 Å². The number of carbonyl (C=O) groups is 2. The van der Waals surface area contributed by atoms with E-state index in [-0.39, 0.29) is 24.8 Å². The summed E-state index contributed by atoms with van der Waals surface area (Å²) in [4.78, 5) is 26.6. The fourth-order valence-electron chi connectivity index (χ4n) is 3.38. The molecule has 1 aliphatic heterocycles. The van der Waals surface area contributed by atoms with E-state index in [0.717, 1.165) is 5.56 Å². The van der Waals surface area contributed by atoms with E-state index in [1.165, 1.54) is 10.8 Å². The van der Waals surface area contributed by atoms with Gasteiger partial charge < -0.3 is 15.7 Å². The molecule has 0 aliphatic carbocycles. The summed E-state index contributed by atoms with van der Waals surface area (Å²) in [6, 6.07) is 13.9. The number of carbonyl (C=O) groups excluding carboxylic acids is 2. The Balaban J connectivity index is 1.73. The smallest absolute Gasteiger partial charge is 0.237 e. The van der Waals surface area contributed by atoms with Crippen LogP contribution in [-0.2, 0) is 16.1 Å². The second kappa shape index (κ2) is 8.78. The van der Waals surface area contributed by atoms with Gasteiger partial charge in [0.15, 0.2) is 0 Å². The average Bonchev–Trinajstić information content (AvgIpc) is 2.65. The molecule has 2 aromatic carbocycles. The number of nitrogens with one attached hydrogen (secondary N) is 2. The second-order valence-corrected chi connectivity index (χ2v) is 6.55. The van der Waals surface area contributed by atoms with E-state index >= 15 is 0 Å². The molecule has 0 bridgehead atoms. The van der Waals surface area contributed by atoms with Crippen LogP contribution in [0.3, 0.4) is 0 Å². The minimum atomic E-state index is -0.475. The van der Waals surface area contributed by atoms with Crippen LogP contribution >= 0.6 is 0 Å². The first-order chi connectivity index (χ1) is 12.7. The Labute approximate surface area is 153 Å². The first kappa shape index (κ1) is 18.4. The molecule has 6 heteroatoms. The van der Waals surface area contributed by atoms with E-state index in [2.05, 4.69) is 39.8 Å². The highest BCUT2D eigenvalue weighted by Gasteiger charge is 2.31. The quantitative estimate of drug-likeness (QED) is 0.648. The first-order valence-corrected chi connectivity index (χ1v) is 9.05. The zero-order valence-electron chi connectivity index (χ0n) is 14.8. The van der Waals surface area contributed by atoms with Crippen molar-refractivity contribution in [2.45, 2.75) is 25.4 Å². The van der Waals surface area contributed by atoms with Crippen molar-refractivity contribution >= 4 is 22.6 Å². The molecule has 2 amide bonds. The summed E-state index contributed by atoms with van der Waals surface area (Å²) >= 11 is 0. The van der Waals surface area contributed by atoms with Gasteiger partial charge in [-0.1, -0.05) is 42.5 Å². The van der Waals surface area contributed by atoms with E-state index in [1.807, 2.05) is 18.2 Å². The van der Waals surface area contributed by atoms with Gasteiger partial charge in [-0.25, -0.2) is 0 Å². The Morgan fingerprint density at radius 1 is 1.23 bits per heavy atom. The molecule has 2 aromatic rings. The molecular weight excluding hydrogens is 330 g/mol. The Morgan fingerprint density at radius 3 is 2.88 bits per heavy atom. The van der Waals surface area contributed by atoms with Crippen molar-refractivity contribution in [2.24, 2.45) is 0 Å². The van der Waals surface area contributed by atoms with Crippen LogP contribution < -0.4 is 10.6 Å². The Kier molecular flexibility index (Phi) is 6.20. The van der Waals surface area contributed by atoms with E-state index in [9.17, 15) is 9.59 Å². The topological polar surface area (TPSA) is 81.7 Å². The van der Waals surface area contributed by atoms with Gasteiger partial charge in [-0.15, -0.1) is 0 Å². The van der Waals surface area contributed by atoms with Gasteiger partial charge in [0.05, 0.1) is 12.5 Å². The van der Waals surface area contributed by atoms with Crippen LogP contribution in [0.5, 0.6) is 0 Å². The van der Waals surface area contributed by atoms with E-state index in [4.69, 9.17) is 5.11 Å². The van der Waals surface area contributed by atoms with Crippen LogP contribution in [0, 0.1) is 0 Å². The number of aliphatic hydroxyl groups excluding tert-OH is 1. The highest BCUT2D eigenvalue weighted by Crippen LogP contribution is 2.22. The number of hydrogen-bond acceptors (Lipinski definition) is 4. The second-order valence-electron chi connectivity index (χ2n) is 6.55. The highest BCUT2D eigenvalue weighted by atomic mass is 16.3. The lowest BCUT2D eigenvalue weighted by molar-refractivity contribution is -0.134. The van der Waals surface area contributed by atoms with Crippen LogP contribution in [0.15, 0.2) is 42.5 Å². The van der Waals surface area contributed by atoms with E-state index in [1.54, 1.807) is 0 Å². The molecule has 1 aliphatic rings. The third-order valence-electron chi connectivity index (χ3n) is 4.73. The maximum Gasteiger partial charge on any atom is 0.237 e. The predicted molar refractivity (Wildman–Crippen MR) is 100 cm³/mol. The van der Waals surface area contributed by atoms with Crippen molar-refractivity contribution in [3.8, 4) is 0 Å². The molecule has 1 saturated heterocycles. The molecule has 0 aromatic heterocycles. The van der Waals surface area contributed by atoms with E-state index < -0.39 is 6.04 Å². The molecule has 138 valence electrons. The van der Waals surface area contributed by atoms with Crippen LogP contribution in [0.2, 0.25) is 0 Å². The maximum absolute atomic E-state index is 12.4. The number of aliphatic hydroxyl groups is 1. The van der Waals surface area contributed by atoms with Crippen molar-refractivity contribution < 1.29 is 14.7 Å². The van der Waals surface area contributed by atoms with Crippen LogP contribution in [0.1, 0.15) is 18.4 Å². The Bertz CT molecular complexity index is 772. The summed E-state index contributed by atoms with van der Waals surface area (Å²) in [7, 11) is 0. The molecule has 3 rings (SSSR count). The maximum atomic E-state index is 12.4. The van der Waals surface area contributed by atoms with Crippen LogP contribution in [0.4, 0.5) is 0 Å². The number of piperazine rings is 1. The fraction of sp³-hybridized carbons (Fsp3) is 0.400. The molecule has 0 spiro atoms. The third-order valence-corrected chi connectivity index (χ3v) is 4.73. The van der Waals surface area contributed by atoms with Crippen LogP contribution in [-0.4, -0.2) is 54.1 Å². The number of rotatable bonds is 7. The standard InChI is InChI=1S/C20H25N3O3/c24-12-4-9-21-19(25)13-18-20(26)22-10-11-23(18)14-16-7-3-6-15-5-1-2-8-17(15)16/h1-3,5-8,18,24H,4,9-14H2,(H,21,25)(H,22,26)/t18-/m1/s1. The summed E-state index contributed by atoms with van der Waals surface area (Å²) < 4.78 is 0. The lowest BCUT2D eigenvalue weighted by Crippen LogP contribution is -2.56. The fourth-order valence-corrected chi connectivity index (χ4v) is 3.38. The van der Waals surface area contributed by atoms with Crippen molar-refractivity contribution in [1.82, 2.24) is 15.5 Å². The molecule has 26 heavy (non-hydrogen) atoms. The molecule has 0 saturated carbocycles. The van der Waals surface area contributed by atoms with Gasteiger partial charge in [0.2, 0.25) is 11.8 Å². The van der Waals surface area contributed by atoms with Crippen molar-refractivity contribution in [3.05, 3.63) is 48.0 Å². The molecule has 3 N–H and O–H groups in total. The van der Waals surface area contributed by atoms with Crippen molar-refractivity contribution in [1.29, 1.82) is 0 Å². The summed E-state index contributed by atoms with van der Waals surface area (Å²) in [6.07, 6.45) is 0.643. The SMILES string of the molecule is O=C(C[C@@H]1C(=O)NCCN1Cc1cccc2ccccc12)NCCCO. The predicted octanol–water partition coefficient (Wildman–Crippen LogP) is 1.03. The normalized spacial score (nSPS) is 17.9. The van der Waals surface area contributed by atoms with Crippen molar-refractivity contribution in [3.63, 3.8) is 0 Å². The van der Waals surface area contributed by atoms with Gasteiger partial charge in [0, 0.05) is 32.8 Å². The lowest BCUT2D eigenvalue weighted by atomic mass is 10.0. The summed E-state index contributed by atoms with van der Waals surface area (Å²) in [6.45, 7) is 2.39. The average molecular weight is 355 g/mol. The van der Waals surface area contributed by atoms with Gasteiger partial charge in [0.25, 0.3) is 0 Å². The molecule has 0 unspecified atom stereocenters. The van der Waals surface area contributed by atoms with Gasteiger partial charge in [-0.2, -0.15) is 0 Å². The Hall–Kier alpha value is -2.44. The largest absolute Gasteiger partial charge is 0.396 e. The summed E-state index contributed by atoms with van der Waals surface area (Å²) in [5.41, 5.74) is 1.16. The molecule has 0 radical (unpaired) electrons. The Morgan fingerprint density at radius 2 is 2.04 bits per heavy atom. The van der Waals surface area contributed by atoms with Crippen LogP contribution in [0.25, 0.3) is 10.8 Å². The van der Waals surface area contributed by atoms with Gasteiger partial charge in [-0.05, 0) is 22.8 Å². The minimum absolute atomic E-state index is 0.0391. The molecular formula is C20H25N3O3. The molecule has 6 nitrogen and oxygen atoms in total. The summed E-state index contributed by atoms with van der Waals surface area (Å²) in [5.74, 6) is -0.266. The number of fused-ring (bicyclic) bond motifs is 1. The molecule has 1 atom stereocenters. The number of nitrogens with zero attached hydrogens (tertiary/aromatic N) is 1. The minimum Gasteiger partial charge on any atom is -0.396 e. The first-order valence-electron chi connectivity index (χ1n) is 9.05. The van der Waals surface area contributed by atoms with Gasteiger partial charge >= 0.3 is 0 Å². The van der Waals surface area contributed by atoms with Crippen molar-refractivity contribution in [2.75, 3.05) is 26.2 Å². The number of amides is 2. The lowest BCUT2D eigenvalue weighted by Gasteiger charge is -2.35. The number of hydrogen-bond donors (Lipinski definition) is 3. The summed E-state index contributed by atoms with van der Waals surface area (Å²) in [5, 5.41) is 16.8. The molecule has 1 heterocycles.